The Labute approximate surface area is 102 Å². The molecule has 6 nitrogen and oxygen atoms in total. The summed E-state index contributed by atoms with van der Waals surface area (Å²) >= 11 is 3.33. The van der Waals surface area contributed by atoms with Crippen molar-refractivity contribution in [2.24, 2.45) is 7.05 Å². The molecule has 0 bridgehead atoms. The van der Waals surface area contributed by atoms with Gasteiger partial charge in [0.05, 0.1) is 7.05 Å². The van der Waals surface area contributed by atoms with Gasteiger partial charge < -0.3 is 14.9 Å². The number of unbranched alkanes of at least 4 members (excludes halogenated alkanes) is 1. The second-order valence-corrected chi connectivity index (χ2v) is 4.09. The SMILES string of the molecule is Cn1c([N+](=O)[O-])cnc1COCCCCBr. The standard InChI is InChI=1S/C9H14BrN3O3/c1-12-8(7-16-5-3-2-4-10)11-6-9(12)13(14)15/h6H,2-5,7H2,1H3. The van der Waals surface area contributed by atoms with Crippen molar-refractivity contribution in [2.45, 2.75) is 19.4 Å². The van der Waals surface area contributed by atoms with Crippen LogP contribution in [0.4, 0.5) is 5.82 Å². The van der Waals surface area contributed by atoms with Gasteiger partial charge in [0.1, 0.15) is 12.8 Å². The molecule has 0 saturated carbocycles. The van der Waals surface area contributed by atoms with Gasteiger partial charge in [0.2, 0.25) is 5.82 Å². The van der Waals surface area contributed by atoms with Crippen molar-refractivity contribution in [1.82, 2.24) is 9.55 Å². The first-order valence-electron chi connectivity index (χ1n) is 4.95. The second kappa shape index (κ2) is 6.59. The van der Waals surface area contributed by atoms with Crippen molar-refractivity contribution < 1.29 is 9.66 Å². The highest BCUT2D eigenvalue weighted by molar-refractivity contribution is 9.09. The number of rotatable bonds is 7. The Kier molecular flexibility index (Phi) is 5.41. The molecule has 16 heavy (non-hydrogen) atoms. The molecule has 1 rings (SSSR count). The largest absolute Gasteiger partial charge is 0.371 e. The first-order chi connectivity index (χ1) is 7.66. The van der Waals surface area contributed by atoms with E-state index in [-0.39, 0.29) is 5.82 Å². The van der Waals surface area contributed by atoms with Gasteiger partial charge in [0, 0.05) is 11.9 Å². The van der Waals surface area contributed by atoms with Gasteiger partial charge in [0.25, 0.3) is 0 Å². The van der Waals surface area contributed by atoms with Crippen LogP contribution < -0.4 is 0 Å². The maximum atomic E-state index is 10.5. The Hall–Kier alpha value is -0.950. The van der Waals surface area contributed by atoms with E-state index in [1.165, 1.54) is 10.8 Å². The zero-order chi connectivity index (χ0) is 12.0. The fourth-order valence-electron chi connectivity index (χ4n) is 1.20. The number of hydrogen-bond acceptors (Lipinski definition) is 4. The Morgan fingerprint density at radius 2 is 2.38 bits per heavy atom. The van der Waals surface area contributed by atoms with Crippen molar-refractivity contribution in [3.05, 3.63) is 22.1 Å². The van der Waals surface area contributed by atoms with E-state index in [2.05, 4.69) is 20.9 Å². The van der Waals surface area contributed by atoms with Crippen LogP contribution in [0.15, 0.2) is 6.20 Å². The number of imidazole rings is 1. The highest BCUT2D eigenvalue weighted by Gasteiger charge is 2.15. The average molecular weight is 292 g/mol. The van der Waals surface area contributed by atoms with Gasteiger partial charge in [-0.3, -0.25) is 0 Å². The monoisotopic (exact) mass is 291 g/mol. The third-order valence-electron chi connectivity index (χ3n) is 2.15. The summed E-state index contributed by atoms with van der Waals surface area (Å²) in [4.78, 5) is 14.0. The molecule has 0 unspecified atom stereocenters. The Balaban J connectivity index is 2.40. The summed E-state index contributed by atoms with van der Waals surface area (Å²) in [5.41, 5.74) is 0. The summed E-state index contributed by atoms with van der Waals surface area (Å²) in [7, 11) is 1.61. The number of nitrogens with zero attached hydrogens (tertiary/aromatic N) is 3. The molecule has 0 aliphatic heterocycles. The summed E-state index contributed by atoms with van der Waals surface area (Å²) in [5.74, 6) is 0.560. The second-order valence-electron chi connectivity index (χ2n) is 3.30. The summed E-state index contributed by atoms with van der Waals surface area (Å²) in [5, 5.41) is 11.5. The van der Waals surface area contributed by atoms with Gasteiger partial charge >= 0.3 is 5.82 Å². The van der Waals surface area contributed by atoms with Crippen LogP contribution >= 0.6 is 15.9 Å². The van der Waals surface area contributed by atoms with Gasteiger partial charge in [-0.1, -0.05) is 15.9 Å². The molecule has 0 aliphatic carbocycles. The molecule has 0 aromatic carbocycles. The van der Waals surface area contributed by atoms with E-state index in [0.717, 1.165) is 18.2 Å². The minimum Gasteiger partial charge on any atom is -0.371 e. The summed E-state index contributed by atoms with van der Waals surface area (Å²) in [6, 6.07) is 0. The first-order valence-corrected chi connectivity index (χ1v) is 6.07. The predicted molar refractivity (Wildman–Crippen MR) is 62.5 cm³/mol. The lowest BCUT2D eigenvalue weighted by molar-refractivity contribution is -0.391. The predicted octanol–water partition coefficient (Wildman–Crippen LogP) is 2.02. The van der Waals surface area contributed by atoms with E-state index in [0.29, 0.717) is 19.0 Å². The molecule has 0 atom stereocenters. The number of hydrogen-bond donors (Lipinski definition) is 0. The molecule has 0 amide bonds. The number of halogens is 1. The van der Waals surface area contributed by atoms with Crippen molar-refractivity contribution >= 4 is 21.7 Å². The van der Waals surface area contributed by atoms with Crippen LogP contribution in [0.1, 0.15) is 18.7 Å². The molecule has 0 radical (unpaired) electrons. The molecular weight excluding hydrogens is 278 g/mol. The molecule has 0 N–H and O–H groups in total. The molecule has 90 valence electrons. The van der Waals surface area contributed by atoms with Gasteiger partial charge in [0.15, 0.2) is 0 Å². The molecule has 0 saturated heterocycles. The van der Waals surface area contributed by atoms with E-state index in [1.807, 2.05) is 0 Å². The Bertz CT molecular complexity index is 354. The lowest BCUT2D eigenvalue weighted by Gasteiger charge is -2.01. The van der Waals surface area contributed by atoms with Crippen LogP contribution in [-0.2, 0) is 18.4 Å². The van der Waals surface area contributed by atoms with Gasteiger partial charge in [-0.05, 0) is 17.8 Å². The smallest absolute Gasteiger partial charge is 0.342 e. The van der Waals surface area contributed by atoms with Crippen LogP contribution in [0.2, 0.25) is 0 Å². The fourth-order valence-corrected chi connectivity index (χ4v) is 1.60. The van der Waals surface area contributed by atoms with Crippen molar-refractivity contribution in [3.63, 3.8) is 0 Å². The van der Waals surface area contributed by atoms with E-state index >= 15 is 0 Å². The third kappa shape index (κ3) is 3.57. The van der Waals surface area contributed by atoms with Crippen molar-refractivity contribution in [3.8, 4) is 0 Å². The lowest BCUT2D eigenvalue weighted by atomic mass is 10.4. The van der Waals surface area contributed by atoms with Crippen LogP contribution in [0.25, 0.3) is 0 Å². The van der Waals surface area contributed by atoms with Gasteiger partial charge in [-0.15, -0.1) is 0 Å². The Morgan fingerprint density at radius 3 is 2.94 bits per heavy atom. The highest BCUT2D eigenvalue weighted by Crippen LogP contribution is 2.12. The van der Waals surface area contributed by atoms with Crippen LogP contribution in [0.3, 0.4) is 0 Å². The zero-order valence-electron chi connectivity index (χ0n) is 9.06. The number of nitro groups is 1. The van der Waals surface area contributed by atoms with Gasteiger partial charge in [-0.2, -0.15) is 0 Å². The van der Waals surface area contributed by atoms with E-state index in [1.54, 1.807) is 7.05 Å². The maximum absolute atomic E-state index is 10.5. The van der Waals surface area contributed by atoms with Crippen LogP contribution in [0.5, 0.6) is 0 Å². The third-order valence-corrected chi connectivity index (χ3v) is 2.71. The molecular formula is C9H14BrN3O3. The molecule has 1 aromatic rings. The first kappa shape index (κ1) is 13.1. The fraction of sp³-hybridized carbons (Fsp3) is 0.667. The summed E-state index contributed by atoms with van der Waals surface area (Å²) in [6.45, 7) is 0.957. The van der Waals surface area contributed by atoms with E-state index in [9.17, 15) is 10.1 Å². The number of ether oxygens (including phenoxy) is 1. The van der Waals surface area contributed by atoms with Crippen molar-refractivity contribution in [2.75, 3.05) is 11.9 Å². The molecule has 0 spiro atoms. The lowest BCUT2D eigenvalue weighted by Crippen LogP contribution is -2.04. The van der Waals surface area contributed by atoms with Crippen LogP contribution in [0, 0.1) is 10.1 Å². The molecule has 0 aliphatic rings. The molecule has 1 aromatic heterocycles. The molecule has 7 heteroatoms. The van der Waals surface area contributed by atoms with E-state index in [4.69, 9.17) is 4.74 Å². The average Bonchev–Trinajstić information content (AvgIpc) is 2.60. The minimum absolute atomic E-state index is 0.0148. The van der Waals surface area contributed by atoms with Crippen molar-refractivity contribution in [1.29, 1.82) is 0 Å². The Morgan fingerprint density at radius 1 is 1.62 bits per heavy atom. The van der Waals surface area contributed by atoms with E-state index < -0.39 is 4.92 Å². The molecule has 1 heterocycles. The topological polar surface area (TPSA) is 70.2 Å². The summed E-state index contributed by atoms with van der Waals surface area (Å²) in [6.07, 6.45) is 3.27. The number of alkyl halides is 1. The molecule has 0 fully saturated rings. The quantitative estimate of drug-likeness (QED) is 0.333. The van der Waals surface area contributed by atoms with Crippen LogP contribution in [-0.4, -0.2) is 26.4 Å². The number of aromatic nitrogens is 2. The van der Waals surface area contributed by atoms with Gasteiger partial charge in [-0.25, -0.2) is 9.55 Å². The maximum Gasteiger partial charge on any atom is 0.342 e. The normalized spacial score (nSPS) is 10.6. The summed E-state index contributed by atoms with van der Waals surface area (Å²) < 4.78 is 6.80. The highest BCUT2D eigenvalue weighted by atomic mass is 79.9. The zero-order valence-corrected chi connectivity index (χ0v) is 10.6. The minimum atomic E-state index is -0.457.